The summed E-state index contributed by atoms with van der Waals surface area (Å²) in [5.74, 6) is -0.353. The molecular weight excluding hydrogens is 314 g/mol. The summed E-state index contributed by atoms with van der Waals surface area (Å²) in [5.41, 5.74) is 1.53. The average molecular weight is 333 g/mol. The predicted octanol–water partition coefficient (Wildman–Crippen LogP) is 3.56. The third-order valence-corrected chi connectivity index (χ3v) is 4.19. The summed E-state index contributed by atoms with van der Waals surface area (Å²) in [4.78, 5) is 25.7. The van der Waals surface area contributed by atoms with Crippen LogP contribution in [0.5, 0.6) is 5.75 Å². The van der Waals surface area contributed by atoms with E-state index in [9.17, 15) is 9.59 Å². The minimum absolute atomic E-state index is 0.407. The highest BCUT2D eigenvalue weighted by Crippen LogP contribution is 2.25. The van der Waals surface area contributed by atoms with E-state index in [0.29, 0.717) is 16.3 Å². The Morgan fingerprint density at radius 2 is 1.91 bits per heavy atom. The average Bonchev–Trinajstić information content (AvgIpc) is 2.94. The third kappa shape index (κ3) is 4.32. The minimum atomic E-state index is -0.907. The van der Waals surface area contributed by atoms with E-state index in [1.807, 2.05) is 26.0 Å². The van der Waals surface area contributed by atoms with Gasteiger partial charge >= 0.3 is 5.97 Å². The van der Waals surface area contributed by atoms with Gasteiger partial charge in [0.1, 0.15) is 10.6 Å². The highest BCUT2D eigenvalue weighted by Gasteiger charge is 2.21. The summed E-state index contributed by atoms with van der Waals surface area (Å²) in [5, 5.41) is 2.73. The van der Waals surface area contributed by atoms with Crippen LogP contribution in [0.2, 0.25) is 0 Å². The topological polar surface area (TPSA) is 64.6 Å². The van der Waals surface area contributed by atoms with Gasteiger partial charge in [0.05, 0.1) is 12.8 Å². The Bertz CT molecular complexity index is 723. The molecule has 23 heavy (non-hydrogen) atoms. The summed E-state index contributed by atoms with van der Waals surface area (Å²) in [6.45, 7) is 5.36. The van der Waals surface area contributed by atoms with Gasteiger partial charge in [0.15, 0.2) is 6.10 Å². The molecule has 0 saturated carbocycles. The van der Waals surface area contributed by atoms with E-state index in [4.69, 9.17) is 9.47 Å². The van der Waals surface area contributed by atoms with Crippen LogP contribution in [0.3, 0.4) is 0 Å². The molecule has 6 heteroatoms. The first-order valence-corrected chi connectivity index (χ1v) is 7.95. The first kappa shape index (κ1) is 17.0. The molecule has 1 atom stereocenters. The molecule has 0 aliphatic carbocycles. The Kier molecular flexibility index (Phi) is 5.39. The highest BCUT2D eigenvalue weighted by atomic mass is 32.1. The molecular formula is C17H19NO4S. The van der Waals surface area contributed by atoms with Crippen molar-refractivity contribution in [3.63, 3.8) is 0 Å². The summed E-state index contributed by atoms with van der Waals surface area (Å²) in [6, 6.07) is 8.99. The molecule has 0 aliphatic rings. The van der Waals surface area contributed by atoms with Crippen LogP contribution in [-0.4, -0.2) is 25.1 Å². The summed E-state index contributed by atoms with van der Waals surface area (Å²) >= 11 is 1.34. The van der Waals surface area contributed by atoms with Crippen LogP contribution in [0.4, 0.5) is 5.69 Å². The number of nitrogens with one attached hydrogen (secondary N) is 1. The van der Waals surface area contributed by atoms with Crippen molar-refractivity contribution < 1.29 is 19.1 Å². The summed E-state index contributed by atoms with van der Waals surface area (Å²) in [6.07, 6.45) is -0.907. The van der Waals surface area contributed by atoms with Gasteiger partial charge in [-0.15, -0.1) is 11.3 Å². The van der Waals surface area contributed by atoms with E-state index in [1.165, 1.54) is 25.4 Å². The first-order valence-electron chi connectivity index (χ1n) is 7.13. The lowest BCUT2D eigenvalue weighted by molar-refractivity contribution is -0.123. The first-order chi connectivity index (χ1) is 10.9. The van der Waals surface area contributed by atoms with Gasteiger partial charge < -0.3 is 14.8 Å². The van der Waals surface area contributed by atoms with E-state index in [0.717, 1.165) is 10.4 Å². The number of benzene rings is 1. The van der Waals surface area contributed by atoms with Gasteiger partial charge in [-0.25, -0.2) is 4.79 Å². The van der Waals surface area contributed by atoms with Gasteiger partial charge in [-0.1, -0.05) is 6.07 Å². The Hall–Kier alpha value is -2.34. The maximum absolute atomic E-state index is 12.2. The molecule has 0 bridgehead atoms. The number of anilines is 1. The predicted molar refractivity (Wildman–Crippen MR) is 90.3 cm³/mol. The molecule has 1 aromatic heterocycles. The number of amides is 1. The molecule has 0 aliphatic heterocycles. The van der Waals surface area contributed by atoms with Crippen LogP contribution < -0.4 is 10.1 Å². The lowest BCUT2D eigenvalue weighted by Crippen LogP contribution is -2.30. The number of methoxy groups -OCH3 is 1. The van der Waals surface area contributed by atoms with Crippen molar-refractivity contribution in [3.8, 4) is 5.75 Å². The molecule has 0 spiro atoms. The zero-order valence-electron chi connectivity index (χ0n) is 13.5. The minimum Gasteiger partial charge on any atom is -0.495 e. The zero-order chi connectivity index (χ0) is 17.0. The maximum Gasteiger partial charge on any atom is 0.349 e. The molecule has 1 N–H and O–H groups in total. The van der Waals surface area contributed by atoms with Crippen LogP contribution >= 0.6 is 11.3 Å². The number of thiophene rings is 1. The van der Waals surface area contributed by atoms with Crippen molar-refractivity contribution in [2.24, 2.45) is 0 Å². The fourth-order valence-corrected chi connectivity index (χ4v) is 2.72. The number of carbonyl (C=O) groups is 2. The largest absolute Gasteiger partial charge is 0.495 e. The lowest BCUT2D eigenvalue weighted by atomic mass is 10.2. The molecule has 0 unspecified atom stereocenters. The van der Waals surface area contributed by atoms with E-state index >= 15 is 0 Å². The molecule has 1 heterocycles. The Labute approximate surface area is 139 Å². The second-order valence-corrected chi connectivity index (χ2v) is 6.44. The number of ether oxygens (including phenoxy) is 2. The molecule has 2 aromatic rings. The van der Waals surface area contributed by atoms with E-state index in [-0.39, 0.29) is 0 Å². The smallest absolute Gasteiger partial charge is 0.349 e. The summed E-state index contributed by atoms with van der Waals surface area (Å²) < 4.78 is 10.4. The van der Waals surface area contributed by atoms with Crippen molar-refractivity contribution in [3.05, 3.63) is 45.6 Å². The second-order valence-electron chi connectivity index (χ2n) is 5.15. The van der Waals surface area contributed by atoms with Crippen LogP contribution in [-0.2, 0) is 9.53 Å². The molecule has 122 valence electrons. The van der Waals surface area contributed by atoms with Crippen LogP contribution in [0, 0.1) is 13.8 Å². The number of hydrogen-bond acceptors (Lipinski definition) is 5. The Morgan fingerprint density at radius 3 is 2.52 bits per heavy atom. The van der Waals surface area contributed by atoms with Gasteiger partial charge in [0.25, 0.3) is 5.91 Å². The second kappa shape index (κ2) is 7.28. The maximum atomic E-state index is 12.2. The Balaban J connectivity index is 2.03. The number of hydrogen-bond donors (Lipinski definition) is 1. The van der Waals surface area contributed by atoms with Gasteiger partial charge in [-0.05, 0) is 50.6 Å². The van der Waals surface area contributed by atoms with Crippen LogP contribution in [0.25, 0.3) is 0 Å². The molecule has 0 fully saturated rings. The number of aryl methyl sites for hydroxylation is 2. The molecule has 0 radical (unpaired) electrons. The van der Waals surface area contributed by atoms with Gasteiger partial charge in [-0.2, -0.15) is 0 Å². The van der Waals surface area contributed by atoms with Gasteiger partial charge in [0.2, 0.25) is 0 Å². The SMILES string of the molecule is COc1ccc(C)cc1NC(=O)[C@@H](C)OC(=O)c1ccc(C)s1. The lowest BCUT2D eigenvalue weighted by Gasteiger charge is -2.15. The summed E-state index contributed by atoms with van der Waals surface area (Å²) in [7, 11) is 1.53. The molecule has 1 aromatic carbocycles. The van der Waals surface area contributed by atoms with E-state index in [1.54, 1.807) is 18.2 Å². The van der Waals surface area contributed by atoms with Gasteiger partial charge in [-0.3, -0.25) is 4.79 Å². The molecule has 5 nitrogen and oxygen atoms in total. The van der Waals surface area contributed by atoms with Gasteiger partial charge in [0, 0.05) is 4.88 Å². The van der Waals surface area contributed by atoms with E-state index in [2.05, 4.69) is 5.32 Å². The van der Waals surface area contributed by atoms with Crippen molar-refractivity contribution in [2.45, 2.75) is 26.9 Å². The van der Waals surface area contributed by atoms with Crippen molar-refractivity contribution >= 4 is 28.9 Å². The van der Waals surface area contributed by atoms with Crippen molar-refractivity contribution in [1.82, 2.24) is 0 Å². The fraction of sp³-hybridized carbons (Fsp3) is 0.294. The van der Waals surface area contributed by atoms with Crippen molar-refractivity contribution in [1.29, 1.82) is 0 Å². The van der Waals surface area contributed by atoms with Crippen molar-refractivity contribution in [2.75, 3.05) is 12.4 Å². The van der Waals surface area contributed by atoms with Crippen LogP contribution in [0.15, 0.2) is 30.3 Å². The number of rotatable bonds is 5. The standard InChI is InChI=1S/C17H19NO4S/c1-10-5-7-14(21-4)13(9-10)18-16(19)12(3)22-17(20)15-8-6-11(2)23-15/h5-9,12H,1-4H3,(H,18,19)/t12-/m1/s1. The third-order valence-electron chi connectivity index (χ3n) is 3.21. The molecule has 0 saturated heterocycles. The quantitative estimate of drug-likeness (QED) is 0.850. The number of esters is 1. The monoisotopic (exact) mass is 333 g/mol. The number of carbonyl (C=O) groups excluding carboxylic acids is 2. The molecule has 1 amide bonds. The highest BCUT2D eigenvalue weighted by molar-refractivity contribution is 7.13. The molecule has 2 rings (SSSR count). The zero-order valence-corrected chi connectivity index (χ0v) is 14.3. The fourth-order valence-electron chi connectivity index (χ4n) is 1.97. The van der Waals surface area contributed by atoms with E-state index < -0.39 is 18.0 Å². The Morgan fingerprint density at radius 1 is 1.17 bits per heavy atom. The van der Waals surface area contributed by atoms with Crippen LogP contribution in [0.1, 0.15) is 27.0 Å². The normalized spacial score (nSPS) is 11.7.